The summed E-state index contributed by atoms with van der Waals surface area (Å²) in [4.78, 5) is 27.6. The standard InChI is InChI=1S/C22H17N3O4/c26-21(19-7-3-5-16-4-1-2-6-18(16)19)24-20(22-23-12-13-29-22)14-15-8-10-17(11-9-15)25(27)28/h1-13,20H,14H2,(H,24,26)/t20-/m1/s1. The van der Waals surface area contributed by atoms with E-state index in [2.05, 4.69) is 10.3 Å². The van der Waals surface area contributed by atoms with E-state index in [-0.39, 0.29) is 11.6 Å². The molecule has 144 valence electrons. The molecule has 0 aliphatic heterocycles. The van der Waals surface area contributed by atoms with Crippen LogP contribution < -0.4 is 5.32 Å². The first kappa shape index (κ1) is 18.4. The maximum Gasteiger partial charge on any atom is 0.269 e. The SMILES string of the molecule is O=C(N[C@H](Cc1ccc([N+](=O)[O-])cc1)c1ncco1)c1cccc2ccccc12. The molecule has 1 N–H and O–H groups in total. The maximum atomic E-state index is 13.0. The molecular weight excluding hydrogens is 370 g/mol. The number of hydrogen-bond donors (Lipinski definition) is 1. The number of hydrogen-bond acceptors (Lipinski definition) is 5. The van der Waals surface area contributed by atoms with E-state index in [4.69, 9.17) is 4.42 Å². The van der Waals surface area contributed by atoms with Gasteiger partial charge in [-0.1, -0.05) is 48.5 Å². The Morgan fingerprint density at radius 1 is 1.07 bits per heavy atom. The first-order valence-corrected chi connectivity index (χ1v) is 9.03. The number of carbonyl (C=O) groups is 1. The number of fused-ring (bicyclic) bond motifs is 1. The van der Waals surface area contributed by atoms with Crippen molar-refractivity contribution >= 4 is 22.4 Å². The molecule has 0 spiro atoms. The van der Waals surface area contributed by atoms with Crippen LogP contribution in [0.5, 0.6) is 0 Å². The van der Waals surface area contributed by atoms with Crippen LogP contribution in [0.25, 0.3) is 10.8 Å². The van der Waals surface area contributed by atoms with Crippen LogP contribution in [0.1, 0.15) is 27.9 Å². The molecule has 0 bridgehead atoms. The third kappa shape index (κ3) is 3.98. The summed E-state index contributed by atoms with van der Waals surface area (Å²) in [5, 5.41) is 15.7. The molecule has 29 heavy (non-hydrogen) atoms. The number of nitrogens with one attached hydrogen (secondary N) is 1. The number of benzene rings is 3. The number of rotatable bonds is 6. The summed E-state index contributed by atoms with van der Waals surface area (Å²) in [5.74, 6) is 0.129. The van der Waals surface area contributed by atoms with E-state index >= 15 is 0 Å². The third-order valence-corrected chi connectivity index (χ3v) is 4.68. The lowest BCUT2D eigenvalue weighted by Gasteiger charge is -2.17. The molecule has 4 rings (SSSR count). The number of nitrogens with zero attached hydrogens (tertiary/aromatic N) is 2. The van der Waals surface area contributed by atoms with E-state index in [0.29, 0.717) is 17.9 Å². The van der Waals surface area contributed by atoms with Crippen LogP contribution in [0.15, 0.2) is 83.6 Å². The van der Waals surface area contributed by atoms with Crippen molar-refractivity contribution in [3.63, 3.8) is 0 Å². The number of non-ortho nitro benzene ring substituents is 1. The van der Waals surface area contributed by atoms with Gasteiger partial charge in [0.25, 0.3) is 11.6 Å². The Balaban J connectivity index is 1.61. The van der Waals surface area contributed by atoms with Crippen molar-refractivity contribution in [2.45, 2.75) is 12.5 Å². The minimum atomic E-state index is -0.516. The Morgan fingerprint density at radius 3 is 2.55 bits per heavy atom. The summed E-state index contributed by atoms with van der Waals surface area (Å²) in [6.45, 7) is 0. The molecule has 0 unspecified atom stereocenters. The van der Waals surface area contributed by atoms with Crippen LogP contribution in [0.2, 0.25) is 0 Å². The van der Waals surface area contributed by atoms with Gasteiger partial charge < -0.3 is 9.73 Å². The third-order valence-electron chi connectivity index (χ3n) is 4.68. The van der Waals surface area contributed by atoms with E-state index < -0.39 is 11.0 Å². The summed E-state index contributed by atoms with van der Waals surface area (Å²) < 4.78 is 5.42. The number of amides is 1. The Hall–Kier alpha value is -4.00. The molecule has 0 saturated heterocycles. The average molecular weight is 387 g/mol. The number of carbonyl (C=O) groups excluding carboxylic acids is 1. The van der Waals surface area contributed by atoms with Gasteiger partial charge in [0.1, 0.15) is 12.3 Å². The molecule has 1 heterocycles. The maximum absolute atomic E-state index is 13.0. The second-order valence-electron chi connectivity index (χ2n) is 6.55. The summed E-state index contributed by atoms with van der Waals surface area (Å²) in [6, 6.07) is 18.9. The second-order valence-corrected chi connectivity index (χ2v) is 6.55. The van der Waals surface area contributed by atoms with Crippen LogP contribution in [0.4, 0.5) is 5.69 Å². The van der Waals surface area contributed by atoms with Gasteiger partial charge in [-0.3, -0.25) is 14.9 Å². The van der Waals surface area contributed by atoms with Gasteiger partial charge in [0.2, 0.25) is 5.89 Å². The van der Waals surface area contributed by atoms with Crippen molar-refractivity contribution in [1.29, 1.82) is 0 Å². The number of oxazole rings is 1. The molecule has 3 aromatic carbocycles. The predicted molar refractivity (Wildman–Crippen MR) is 107 cm³/mol. The van der Waals surface area contributed by atoms with Crippen LogP contribution >= 0.6 is 0 Å². The highest BCUT2D eigenvalue weighted by Gasteiger charge is 2.21. The molecule has 0 saturated carbocycles. The van der Waals surface area contributed by atoms with E-state index in [1.165, 1.54) is 24.6 Å². The minimum Gasteiger partial charge on any atom is -0.447 e. The quantitative estimate of drug-likeness (QED) is 0.389. The Bertz CT molecular complexity index is 1150. The molecule has 1 amide bonds. The lowest BCUT2D eigenvalue weighted by molar-refractivity contribution is -0.384. The monoisotopic (exact) mass is 387 g/mol. The molecule has 0 fully saturated rings. The molecule has 4 aromatic rings. The topological polar surface area (TPSA) is 98.3 Å². The minimum absolute atomic E-state index is 0.0150. The Morgan fingerprint density at radius 2 is 1.83 bits per heavy atom. The number of nitro benzene ring substituents is 1. The molecular formula is C22H17N3O4. The molecule has 7 heteroatoms. The fourth-order valence-electron chi connectivity index (χ4n) is 3.26. The molecule has 0 radical (unpaired) electrons. The van der Waals surface area contributed by atoms with Crippen molar-refractivity contribution in [3.8, 4) is 0 Å². The second kappa shape index (κ2) is 7.93. The number of aromatic nitrogens is 1. The molecule has 0 aliphatic carbocycles. The summed E-state index contributed by atoms with van der Waals surface area (Å²) in [7, 11) is 0. The van der Waals surface area contributed by atoms with Crippen LogP contribution in [0.3, 0.4) is 0 Å². The van der Waals surface area contributed by atoms with Gasteiger partial charge >= 0.3 is 0 Å². The fourth-order valence-corrected chi connectivity index (χ4v) is 3.26. The Kier molecular flexibility index (Phi) is 5.03. The fraction of sp³-hybridized carbons (Fsp3) is 0.0909. The van der Waals surface area contributed by atoms with Crippen LogP contribution in [-0.4, -0.2) is 15.8 Å². The normalized spacial score (nSPS) is 11.9. The van der Waals surface area contributed by atoms with E-state index in [9.17, 15) is 14.9 Å². The highest BCUT2D eigenvalue weighted by molar-refractivity contribution is 6.07. The lowest BCUT2D eigenvalue weighted by Crippen LogP contribution is -2.30. The van der Waals surface area contributed by atoms with Gasteiger partial charge in [-0.05, 0) is 22.4 Å². The molecule has 1 atom stereocenters. The van der Waals surface area contributed by atoms with Gasteiger partial charge in [0.05, 0.1) is 11.1 Å². The van der Waals surface area contributed by atoms with Crippen LogP contribution in [0, 0.1) is 10.1 Å². The molecule has 0 aliphatic rings. The van der Waals surface area contributed by atoms with E-state index in [1.54, 1.807) is 18.2 Å². The molecule has 7 nitrogen and oxygen atoms in total. The largest absolute Gasteiger partial charge is 0.447 e. The zero-order valence-electron chi connectivity index (χ0n) is 15.3. The first-order chi connectivity index (χ1) is 14.1. The smallest absolute Gasteiger partial charge is 0.269 e. The lowest BCUT2D eigenvalue weighted by atomic mass is 10.0. The van der Waals surface area contributed by atoms with Crippen molar-refractivity contribution in [3.05, 3.63) is 106 Å². The van der Waals surface area contributed by atoms with Crippen molar-refractivity contribution in [2.75, 3.05) is 0 Å². The van der Waals surface area contributed by atoms with Gasteiger partial charge in [-0.2, -0.15) is 0 Å². The van der Waals surface area contributed by atoms with Crippen LogP contribution in [-0.2, 0) is 6.42 Å². The van der Waals surface area contributed by atoms with Gasteiger partial charge in [0, 0.05) is 24.1 Å². The van der Waals surface area contributed by atoms with Crippen molar-refractivity contribution in [2.24, 2.45) is 0 Å². The predicted octanol–water partition coefficient (Wildman–Crippen LogP) is 4.45. The average Bonchev–Trinajstić information content (AvgIpc) is 3.28. The zero-order chi connectivity index (χ0) is 20.2. The van der Waals surface area contributed by atoms with E-state index in [1.807, 2.05) is 36.4 Å². The summed E-state index contributed by atoms with van der Waals surface area (Å²) in [5.41, 5.74) is 1.39. The summed E-state index contributed by atoms with van der Waals surface area (Å²) >= 11 is 0. The van der Waals surface area contributed by atoms with Gasteiger partial charge in [-0.25, -0.2) is 4.98 Å². The number of nitro groups is 1. The van der Waals surface area contributed by atoms with Gasteiger partial charge in [0.15, 0.2) is 0 Å². The highest BCUT2D eigenvalue weighted by Crippen LogP contribution is 2.22. The van der Waals surface area contributed by atoms with E-state index in [0.717, 1.165) is 16.3 Å². The highest BCUT2D eigenvalue weighted by atomic mass is 16.6. The van der Waals surface area contributed by atoms with Crippen molar-refractivity contribution < 1.29 is 14.1 Å². The van der Waals surface area contributed by atoms with Gasteiger partial charge in [-0.15, -0.1) is 0 Å². The first-order valence-electron chi connectivity index (χ1n) is 9.03. The Labute approximate surface area is 166 Å². The van der Waals surface area contributed by atoms with Crippen molar-refractivity contribution in [1.82, 2.24) is 10.3 Å². The molecule has 1 aromatic heterocycles. The zero-order valence-corrected chi connectivity index (χ0v) is 15.3. The summed E-state index contributed by atoms with van der Waals surface area (Å²) in [6.07, 6.45) is 3.35.